The first-order valence-electron chi connectivity index (χ1n) is 6.20. The van der Waals surface area contributed by atoms with Crippen LogP contribution in [0.25, 0.3) is 0 Å². The zero-order valence-corrected chi connectivity index (χ0v) is 9.93. The lowest BCUT2D eigenvalue weighted by atomic mass is 10.2. The summed E-state index contributed by atoms with van der Waals surface area (Å²) in [6.07, 6.45) is 8.77. The summed E-state index contributed by atoms with van der Waals surface area (Å²) in [5.41, 5.74) is 0. The van der Waals surface area contributed by atoms with Crippen molar-refractivity contribution in [2.75, 3.05) is 13.1 Å². The van der Waals surface area contributed by atoms with Crippen LogP contribution in [0.5, 0.6) is 0 Å². The number of piperidine rings is 1. The van der Waals surface area contributed by atoms with Gasteiger partial charge in [-0.05, 0) is 32.4 Å². The van der Waals surface area contributed by atoms with Crippen LogP contribution in [0, 0.1) is 0 Å². The summed E-state index contributed by atoms with van der Waals surface area (Å²) < 4.78 is 0. The molecule has 0 radical (unpaired) electrons. The fourth-order valence-electron chi connectivity index (χ4n) is 1.50. The molecular weight excluding hydrogens is 190 g/mol. The Morgan fingerprint density at radius 1 is 1.13 bits per heavy atom. The monoisotopic (exact) mass is 215 g/mol. The molecule has 0 saturated carbocycles. The van der Waals surface area contributed by atoms with Crippen molar-refractivity contribution in [2.24, 2.45) is 0 Å². The van der Waals surface area contributed by atoms with Crippen LogP contribution in [-0.2, 0) is 4.79 Å². The molecule has 0 atom stereocenters. The van der Waals surface area contributed by atoms with Gasteiger partial charge in [-0.2, -0.15) is 0 Å². The van der Waals surface area contributed by atoms with E-state index in [0.717, 1.165) is 19.3 Å². The normalized spacial score (nSPS) is 15.3. The van der Waals surface area contributed by atoms with E-state index in [1.165, 1.54) is 38.8 Å². The highest BCUT2D eigenvalue weighted by molar-refractivity contribution is 5.66. The van der Waals surface area contributed by atoms with Crippen LogP contribution in [0.3, 0.4) is 0 Å². The average Bonchev–Trinajstić information content (AvgIpc) is 2.28. The third kappa shape index (κ3) is 13.4. The molecule has 0 spiro atoms. The molecule has 0 aromatic heterocycles. The maximum absolute atomic E-state index is 9.96. The van der Waals surface area contributed by atoms with E-state index in [9.17, 15) is 4.79 Å². The fraction of sp³-hybridized carbons (Fsp3) is 0.917. The topological polar surface area (TPSA) is 49.3 Å². The molecule has 1 heterocycles. The molecular formula is C12H25NO2. The maximum atomic E-state index is 9.96. The SMILES string of the molecule is C1CCNCC1.CCCCCCC(=O)O. The number of carboxylic acid groups (broad SMARTS) is 1. The van der Waals surface area contributed by atoms with Crippen LogP contribution in [0.4, 0.5) is 0 Å². The minimum absolute atomic E-state index is 0.333. The first-order valence-corrected chi connectivity index (χ1v) is 6.20. The second-order valence-electron chi connectivity index (χ2n) is 4.02. The van der Waals surface area contributed by atoms with Gasteiger partial charge in [-0.25, -0.2) is 0 Å². The van der Waals surface area contributed by atoms with Crippen LogP contribution < -0.4 is 5.32 Å². The van der Waals surface area contributed by atoms with E-state index in [0.29, 0.717) is 6.42 Å². The van der Waals surface area contributed by atoms with Crippen molar-refractivity contribution in [2.45, 2.75) is 58.3 Å². The van der Waals surface area contributed by atoms with E-state index in [1.807, 2.05) is 0 Å². The van der Waals surface area contributed by atoms with E-state index >= 15 is 0 Å². The van der Waals surface area contributed by atoms with E-state index in [4.69, 9.17) is 5.11 Å². The molecule has 0 bridgehead atoms. The summed E-state index contributed by atoms with van der Waals surface area (Å²) in [5, 5.41) is 11.5. The van der Waals surface area contributed by atoms with Gasteiger partial charge in [0.2, 0.25) is 0 Å². The van der Waals surface area contributed by atoms with Gasteiger partial charge in [-0.1, -0.05) is 32.6 Å². The lowest BCUT2D eigenvalue weighted by molar-refractivity contribution is -0.137. The Kier molecular flexibility index (Phi) is 11.1. The van der Waals surface area contributed by atoms with Gasteiger partial charge in [0.05, 0.1) is 0 Å². The quantitative estimate of drug-likeness (QED) is 0.693. The molecule has 3 heteroatoms. The molecule has 3 nitrogen and oxygen atoms in total. The number of nitrogens with one attached hydrogen (secondary N) is 1. The smallest absolute Gasteiger partial charge is 0.303 e. The molecule has 1 aliphatic heterocycles. The molecule has 0 aromatic carbocycles. The van der Waals surface area contributed by atoms with Gasteiger partial charge in [-0.15, -0.1) is 0 Å². The van der Waals surface area contributed by atoms with Crippen molar-refractivity contribution in [1.29, 1.82) is 0 Å². The zero-order chi connectivity index (χ0) is 11.4. The minimum Gasteiger partial charge on any atom is -0.481 e. The highest BCUT2D eigenvalue weighted by Gasteiger charge is 1.94. The lowest BCUT2D eigenvalue weighted by Crippen LogP contribution is -2.21. The van der Waals surface area contributed by atoms with Gasteiger partial charge in [0.25, 0.3) is 0 Å². The summed E-state index contributed by atoms with van der Waals surface area (Å²) in [6.45, 7) is 4.61. The van der Waals surface area contributed by atoms with Crippen molar-refractivity contribution < 1.29 is 9.90 Å². The molecule has 0 amide bonds. The molecule has 1 rings (SSSR count). The number of carboxylic acids is 1. The summed E-state index contributed by atoms with van der Waals surface area (Å²) >= 11 is 0. The number of rotatable bonds is 5. The molecule has 0 aliphatic carbocycles. The standard InChI is InChI=1S/C7H14O2.C5H11N/c1-2-3-4-5-6-7(8)9;1-2-4-6-5-3-1/h2-6H2,1H3,(H,8,9);6H,1-5H2. The Bertz CT molecular complexity index is 133. The van der Waals surface area contributed by atoms with E-state index in [-0.39, 0.29) is 0 Å². The van der Waals surface area contributed by atoms with Gasteiger partial charge in [0.1, 0.15) is 0 Å². The first-order chi connectivity index (χ1) is 7.27. The Balaban J connectivity index is 0.000000280. The number of carbonyl (C=O) groups is 1. The van der Waals surface area contributed by atoms with Crippen molar-refractivity contribution in [3.63, 3.8) is 0 Å². The van der Waals surface area contributed by atoms with Crippen molar-refractivity contribution in [1.82, 2.24) is 5.32 Å². The second kappa shape index (κ2) is 11.5. The van der Waals surface area contributed by atoms with E-state index in [1.54, 1.807) is 0 Å². The average molecular weight is 215 g/mol. The number of hydrogen-bond donors (Lipinski definition) is 2. The largest absolute Gasteiger partial charge is 0.481 e. The van der Waals surface area contributed by atoms with Crippen LogP contribution in [-0.4, -0.2) is 24.2 Å². The Morgan fingerprint density at radius 2 is 1.80 bits per heavy atom. The predicted octanol–water partition coefficient (Wildman–Crippen LogP) is 2.80. The summed E-state index contributed by atoms with van der Waals surface area (Å²) in [6, 6.07) is 0. The Morgan fingerprint density at radius 3 is 2.13 bits per heavy atom. The highest BCUT2D eigenvalue weighted by atomic mass is 16.4. The fourth-order valence-corrected chi connectivity index (χ4v) is 1.50. The molecule has 15 heavy (non-hydrogen) atoms. The van der Waals surface area contributed by atoms with Crippen LogP contribution in [0.2, 0.25) is 0 Å². The van der Waals surface area contributed by atoms with Crippen molar-refractivity contribution >= 4 is 5.97 Å². The molecule has 90 valence electrons. The van der Waals surface area contributed by atoms with Gasteiger partial charge in [0.15, 0.2) is 0 Å². The number of aliphatic carboxylic acids is 1. The summed E-state index contributed by atoms with van der Waals surface area (Å²) in [4.78, 5) is 9.96. The van der Waals surface area contributed by atoms with Crippen LogP contribution in [0.15, 0.2) is 0 Å². The lowest BCUT2D eigenvalue weighted by Gasteiger charge is -2.08. The van der Waals surface area contributed by atoms with Crippen molar-refractivity contribution in [3.8, 4) is 0 Å². The number of unbranched alkanes of at least 4 members (excludes halogenated alkanes) is 3. The van der Waals surface area contributed by atoms with E-state index in [2.05, 4.69) is 12.2 Å². The Hall–Kier alpha value is -0.570. The molecule has 0 unspecified atom stereocenters. The van der Waals surface area contributed by atoms with E-state index < -0.39 is 5.97 Å². The molecule has 1 saturated heterocycles. The third-order valence-corrected chi connectivity index (χ3v) is 2.45. The minimum atomic E-state index is -0.675. The summed E-state index contributed by atoms with van der Waals surface area (Å²) in [5.74, 6) is -0.675. The molecule has 1 aliphatic rings. The first kappa shape index (κ1) is 14.4. The maximum Gasteiger partial charge on any atom is 0.303 e. The van der Waals surface area contributed by atoms with Gasteiger partial charge in [-0.3, -0.25) is 4.79 Å². The molecule has 1 fully saturated rings. The number of hydrogen-bond acceptors (Lipinski definition) is 2. The van der Waals surface area contributed by atoms with Crippen LogP contribution >= 0.6 is 0 Å². The zero-order valence-electron chi connectivity index (χ0n) is 9.93. The second-order valence-corrected chi connectivity index (χ2v) is 4.02. The third-order valence-electron chi connectivity index (χ3n) is 2.45. The van der Waals surface area contributed by atoms with Gasteiger partial charge in [0, 0.05) is 6.42 Å². The molecule has 2 N–H and O–H groups in total. The molecule has 0 aromatic rings. The Labute approximate surface area is 93.3 Å². The van der Waals surface area contributed by atoms with Gasteiger partial charge >= 0.3 is 5.97 Å². The van der Waals surface area contributed by atoms with Crippen LogP contribution in [0.1, 0.15) is 58.3 Å². The van der Waals surface area contributed by atoms with Crippen molar-refractivity contribution in [3.05, 3.63) is 0 Å². The predicted molar refractivity (Wildman–Crippen MR) is 63.1 cm³/mol. The highest BCUT2D eigenvalue weighted by Crippen LogP contribution is 2.01. The summed E-state index contributed by atoms with van der Waals surface area (Å²) in [7, 11) is 0. The van der Waals surface area contributed by atoms with Gasteiger partial charge < -0.3 is 10.4 Å².